The molecule has 1 heterocycles. The Kier molecular flexibility index (Phi) is 3.95. The molecule has 5 nitrogen and oxygen atoms in total. The minimum Gasteiger partial charge on any atom is -0.444 e. The van der Waals surface area contributed by atoms with Gasteiger partial charge in [-0.05, 0) is 27.7 Å². The quantitative estimate of drug-likeness (QED) is 0.485. The highest BCUT2D eigenvalue weighted by atomic mass is 19.1. The van der Waals surface area contributed by atoms with E-state index in [0.29, 0.717) is 13.1 Å². The molecule has 1 rings (SSSR count). The number of hydrogen-bond donors (Lipinski definition) is 0. The molecule has 0 aromatic heterocycles. The zero-order valence-corrected chi connectivity index (χ0v) is 10.7. The minimum absolute atomic E-state index is 0.204. The van der Waals surface area contributed by atoms with E-state index in [0.717, 1.165) is 4.90 Å². The Hall–Kier alpha value is -1.33. The number of ether oxygens (including phenoxy) is 1. The second-order valence-electron chi connectivity index (χ2n) is 5.22. The van der Waals surface area contributed by atoms with Crippen LogP contribution in [0.25, 0.3) is 0 Å². The van der Waals surface area contributed by atoms with Gasteiger partial charge in [0, 0.05) is 25.7 Å². The molecule has 0 saturated carbocycles. The van der Waals surface area contributed by atoms with E-state index in [9.17, 15) is 14.0 Å². The summed E-state index contributed by atoms with van der Waals surface area (Å²) in [6.45, 7) is 7.87. The highest BCUT2D eigenvalue weighted by Crippen LogP contribution is 2.15. The summed E-state index contributed by atoms with van der Waals surface area (Å²) in [6, 6.07) is -0.325. The lowest BCUT2D eigenvalue weighted by Gasteiger charge is -2.38. The van der Waals surface area contributed by atoms with Crippen molar-refractivity contribution in [2.45, 2.75) is 39.3 Å². The molecular weight excluding hydrogens is 227 g/mol. The normalized spacial score (nSPS) is 21.4. The van der Waals surface area contributed by atoms with Crippen LogP contribution in [0, 0.1) is 0 Å². The first kappa shape index (κ1) is 13.7. The SMILES string of the molecule is CC1CN(C(=O)OC(C)(C)C)CCN1C(=O)F. The average molecular weight is 246 g/mol. The van der Waals surface area contributed by atoms with E-state index in [1.807, 2.05) is 0 Å². The van der Waals surface area contributed by atoms with Crippen LogP contribution in [0.1, 0.15) is 27.7 Å². The van der Waals surface area contributed by atoms with Crippen molar-refractivity contribution in [3.05, 3.63) is 0 Å². The van der Waals surface area contributed by atoms with Crippen molar-refractivity contribution in [3.63, 3.8) is 0 Å². The Balaban J connectivity index is 2.55. The molecule has 0 aliphatic carbocycles. The molecule has 0 spiro atoms. The van der Waals surface area contributed by atoms with Crippen molar-refractivity contribution >= 4 is 12.3 Å². The Bertz CT molecular complexity index is 314. The van der Waals surface area contributed by atoms with E-state index < -0.39 is 17.9 Å². The molecular formula is C11H19FN2O3. The van der Waals surface area contributed by atoms with Gasteiger partial charge >= 0.3 is 12.3 Å². The van der Waals surface area contributed by atoms with Crippen molar-refractivity contribution in [2.24, 2.45) is 0 Å². The van der Waals surface area contributed by atoms with Gasteiger partial charge in [-0.2, -0.15) is 0 Å². The number of carbonyl (C=O) groups is 2. The molecule has 1 fully saturated rings. The van der Waals surface area contributed by atoms with Crippen LogP contribution in [0.3, 0.4) is 0 Å². The smallest absolute Gasteiger partial charge is 0.410 e. The maximum atomic E-state index is 12.6. The second-order valence-corrected chi connectivity index (χ2v) is 5.22. The van der Waals surface area contributed by atoms with E-state index in [4.69, 9.17) is 4.74 Å². The third-order valence-electron chi connectivity index (χ3n) is 2.50. The predicted molar refractivity (Wildman–Crippen MR) is 60.5 cm³/mol. The summed E-state index contributed by atoms with van der Waals surface area (Å²) in [5.74, 6) is 0. The molecule has 0 N–H and O–H groups in total. The van der Waals surface area contributed by atoms with Crippen molar-refractivity contribution in [3.8, 4) is 0 Å². The lowest BCUT2D eigenvalue weighted by Crippen LogP contribution is -2.55. The molecule has 2 amide bonds. The van der Waals surface area contributed by atoms with Gasteiger partial charge in [-0.3, -0.25) is 0 Å². The monoisotopic (exact) mass is 246 g/mol. The van der Waals surface area contributed by atoms with E-state index in [1.54, 1.807) is 27.7 Å². The van der Waals surface area contributed by atoms with Crippen molar-refractivity contribution in [2.75, 3.05) is 19.6 Å². The number of halogens is 1. The van der Waals surface area contributed by atoms with Gasteiger partial charge in [0.1, 0.15) is 5.60 Å². The van der Waals surface area contributed by atoms with Gasteiger partial charge in [-0.25, -0.2) is 9.59 Å². The van der Waals surface area contributed by atoms with E-state index in [2.05, 4.69) is 0 Å². The van der Waals surface area contributed by atoms with Crippen LogP contribution < -0.4 is 0 Å². The van der Waals surface area contributed by atoms with Crippen LogP contribution in [-0.4, -0.2) is 53.3 Å². The molecule has 1 atom stereocenters. The van der Waals surface area contributed by atoms with Gasteiger partial charge in [0.2, 0.25) is 0 Å². The van der Waals surface area contributed by atoms with Gasteiger partial charge in [0.25, 0.3) is 0 Å². The third kappa shape index (κ3) is 3.87. The number of nitrogens with zero attached hydrogens (tertiary/aromatic N) is 2. The maximum Gasteiger partial charge on any atom is 0.410 e. The summed E-state index contributed by atoms with van der Waals surface area (Å²) < 4.78 is 17.8. The maximum absolute atomic E-state index is 12.6. The van der Waals surface area contributed by atoms with E-state index >= 15 is 0 Å². The lowest BCUT2D eigenvalue weighted by molar-refractivity contribution is 0.00912. The topological polar surface area (TPSA) is 49.9 Å². The number of amides is 2. The van der Waals surface area contributed by atoms with Crippen molar-refractivity contribution < 1.29 is 18.7 Å². The molecule has 1 unspecified atom stereocenters. The van der Waals surface area contributed by atoms with Gasteiger partial charge in [0.15, 0.2) is 0 Å². The average Bonchev–Trinajstić information content (AvgIpc) is 2.14. The number of rotatable bonds is 0. The third-order valence-corrected chi connectivity index (χ3v) is 2.50. The minimum atomic E-state index is -1.44. The van der Waals surface area contributed by atoms with E-state index in [1.165, 1.54) is 4.90 Å². The molecule has 98 valence electrons. The molecule has 0 bridgehead atoms. The Morgan fingerprint density at radius 1 is 1.29 bits per heavy atom. The van der Waals surface area contributed by atoms with Crippen molar-refractivity contribution in [1.29, 1.82) is 0 Å². The molecule has 0 aromatic rings. The highest BCUT2D eigenvalue weighted by molar-refractivity contribution is 5.70. The fourth-order valence-corrected chi connectivity index (χ4v) is 1.71. The van der Waals surface area contributed by atoms with Crippen LogP contribution in [0.15, 0.2) is 0 Å². The molecule has 6 heteroatoms. The molecule has 1 saturated heterocycles. The summed E-state index contributed by atoms with van der Waals surface area (Å²) in [7, 11) is 0. The Morgan fingerprint density at radius 3 is 2.29 bits per heavy atom. The molecule has 1 aliphatic rings. The summed E-state index contributed by atoms with van der Waals surface area (Å²) >= 11 is 0. The predicted octanol–water partition coefficient (Wildman–Crippen LogP) is 2.02. The standard InChI is InChI=1S/C11H19FN2O3/c1-8-7-13(5-6-14(8)9(12)15)10(16)17-11(2,3)4/h8H,5-7H2,1-4H3. The molecule has 1 aliphatic heterocycles. The highest BCUT2D eigenvalue weighted by Gasteiger charge is 2.31. The van der Waals surface area contributed by atoms with Gasteiger partial charge < -0.3 is 14.5 Å². The fraction of sp³-hybridized carbons (Fsp3) is 0.818. The largest absolute Gasteiger partial charge is 0.444 e. The van der Waals surface area contributed by atoms with Crippen LogP contribution in [-0.2, 0) is 4.74 Å². The summed E-state index contributed by atoms with van der Waals surface area (Å²) in [5.41, 5.74) is -0.548. The zero-order valence-electron chi connectivity index (χ0n) is 10.7. The molecule has 0 radical (unpaired) electrons. The van der Waals surface area contributed by atoms with E-state index in [-0.39, 0.29) is 12.6 Å². The van der Waals surface area contributed by atoms with Gasteiger partial charge in [0.05, 0.1) is 0 Å². The summed E-state index contributed by atoms with van der Waals surface area (Å²) in [4.78, 5) is 25.0. The van der Waals surface area contributed by atoms with Crippen LogP contribution in [0.4, 0.5) is 14.0 Å². The van der Waals surface area contributed by atoms with Crippen molar-refractivity contribution in [1.82, 2.24) is 9.80 Å². The Labute approximate surface area is 101 Å². The van der Waals surface area contributed by atoms with Crippen LogP contribution in [0.2, 0.25) is 0 Å². The first-order valence-electron chi connectivity index (χ1n) is 5.65. The summed E-state index contributed by atoms with van der Waals surface area (Å²) in [5, 5.41) is 0. The molecule has 0 aromatic carbocycles. The fourth-order valence-electron chi connectivity index (χ4n) is 1.71. The van der Waals surface area contributed by atoms with Crippen LogP contribution >= 0.6 is 0 Å². The number of carbonyl (C=O) groups excluding carboxylic acids is 2. The number of hydrogen-bond acceptors (Lipinski definition) is 3. The lowest BCUT2D eigenvalue weighted by atomic mass is 10.2. The summed E-state index contributed by atoms with van der Waals surface area (Å²) in [6.07, 6.45) is -1.86. The Morgan fingerprint density at radius 2 is 1.88 bits per heavy atom. The number of piperazine rings is 1. The zero-order chi connectivity index (χ0) is 13.2. The second kappa shape index (κ2) is 4.89. The molecule has 17 heavy (non-hydrogen) atoms. The van der Waals surface area contributed by atoms with Gasteiger partial charge in [-0.1, -0.05) is 0 Å². The van der Waals surface area contributed by atoms with Crippen LogP contribution in [0.5, 0.6) is 0 Å². The first-order valence-corrected chi connectivity index (χ1v) is 5.65. The van der Waals surface area contributed by atoms with Gasteiger partial charge in [-0.15, -0.1) is 4.39 Å². The first-order chi connectivity index (χ1) is 7.70.